The summed E-state index contributed by atoms with van der Waals surface area (Å²) in [5.74, 6) is 0.0822. The first kappa shape index (κ1) is 16.2. The van der Waals surface area contributed by atoms with Gasteiger partial charge in [-0.2, -0.15) is 0 Å². The van der Waals surface area contributed by atoms with Gasteiger partial charge in [0.1, 0.15) is 0 Å². The third-order valence-electron chi connectivity index (χ3n) is 3.93. The summed E-state index contributed by atoms with van der Waals surface area (Å²) in [6.45, 7) is 9.19. The second kappa shape index (κ2) is 6.72. The summed E-state index contributed by atoms with van der Waals surface area (Å²) in [5, 5.41) is 0. The standard InChI is InChI=1S/C14H26N4O3/c1-14(2,15)13(20)18-5-3-17(4-6-18)12(19)11-16-7-9-21-10-8-16/h3-11,15H2,1-2H3. The summed E-state index contributed by atoms with van der Waals surface area (Å²) in [7, 11) is 0. The van der Waals surface area contributed by atoms with Gasteiger partial charge in [0, 0.05) is 39.3 Å². The zero-order chi connectivity index (χ0) is 15.5. The minimum atomic E-state index is -0.847. The maximum atomic E-state index is 12.3. The number of carbonyl (C=O) groups excluding carboxylic acids is 2. The molecule has 0 spiro atoms. The molecule has 2 aliphatic heterocycles. The van der Waals surface area contributed by atoms with Gasteiger partial charge in [-0.3, -0.25) is 14.5 Å². The molecule has 0 aliphatic carbocycles. The van der Waals surface area contributed by atoms with Crippen molar-refractivity contribution in [2.45, 2.75) is 19.4 Å². The highest BCUT2D eigenvalue weighted by molar-refractivity contribution is 5.85. The van der Waals surface area contributed by atoms with E-state index >= 15 is 0 Å². The van der Waals surface area contributed by atoms with Gasteiger partial charge in [-0.15, -0.1) is 0 Å². The lowest BCUT2D eigenvalue weighted by molar-refractivity contribution is -0.143. The van der Waals surface area contributed by atoms with Gasteiger partial charge in [0.15, 0.2) is 0 Å². The Hall–Kier alpha value is -1.18. The van der Waals surface area contributed by atoms with Crippen LogP contribution in [0.2, 0.25) is 0 Å². The van der Waals surface area contributed by atoms with Crippen molar-refractivity contribution in [2.24, 2.45) is 5.73 Å². The van der Waals surface area contributed by atoms with Crippen molar-refractivity contribution >= 4 is 11.8 Å². The molecule has 0 saturated carbocycles. The largest absolute Gasteiger partial charge is 0.379 e. The molecule has 0 bridgehead atoms. The molecule has 2 aliphatic rings. The summed E-state index contributed by atoms with van der Waals surface area (Å²) in [5.41, 5.74) is 4.99. The Morgan fingerprint density at radius 2 is 1.52 bits per heavy atom. The lowest BCUT2D eigenvalue weighted by Gasteiger charge is -2.38. The fourth-order valence-electron chi connectivity index (χ4n) is 2.62. The molecular weight excluding hydrogens is 272 g/mol. The number of nitrogens with zero attached hydrogens (tertiary/aromatic N) is 3. The summed E-state index contributed by atoms with van der Waals surface area (Å²) in [6, 6.07) is 0. The van der Waals surface area contributed by atoms with Gasteiger partial charge >= 0.3 is 0 Å². The average Bonchev–Trinajstić information content (AvgIpc) is 2.46. The van der Waals surface area contributed by atoms with E-state index in [4.69, 9.17) is 10.5 Å². The predicted octanol–water partition coefficient (Wildman–Crippen LogP) is -1.27. The second-order valence-electron chi connectivity index (χ2n) is 6.28. The molecule has 2 saturated heterocycles. The Balaban J connectivity index is 1.78. The Morgan fingerprint density at radius 3 is 2.05 bits per heavy atom. The van der Waals surface area contributed by atoms with E-state index in [0.717, 1.165) is 13.1 Å². The molecule has 2 amide bonds. The van der Waals surface area contributed by atoms with Crippen LogP contribution in [0.4, 0.5) is 0 Å². The maximum Gasteiger partial charge on any atom is 0.242 e. The molecule has 7 nitrogen and oxygen atoms in total. The Labute approximate surface area is 126 Å². The molecule has 2 heterocycles. The van der Waals surface area contributed by atoms with Gasteiger partial charge in [-0.25, -0.2) is 0 Å². The number of hydrogen-bond donors (Lipinski definition) is 1. The molecule has 2 N–H and O–H groups in total. The average molecular weight is 298 g/mol. The molecule has 0 aromatic rings. The SMILES string of the molecule is CC(C)(N)C(=O)N1CCN(C(=O)CN2CCOCC2)CC1. The molecule has 0 radical (unpaired) electrons. The van der Waals surface area contributed by atoms with Crippen LogP contribution in [-0.4, -0.2) is 91.1 Å². The topological polar surface area (TPSA) is 79.1 Å². The zero-order valence-electron chi connectivity index (χ0n) is 13.0. The van der Waals surface area contributed by atoms with Gasteiger partial charge in [0.25, 0.3) is 0 Å². The molecule has 0 aromatic carbocycles. The molecule has 21 heavy (non-hydrogen) atoms. The zero-order valence-corrected chi connectivity index (χ0v) is 13.0. The van der Waals surface area contributed by atoms with Crippen molar-refractivity contribution in [3.05, 3.63) is 0 Å². The van der Waals surface area contributed by atoms with Crippen molar-refractivity contribution < 1.29 is 14.3 Å². The van der Waals surface area contributed by atoms with E-state index in [0.29, 0.717) is 45.9 Å². The Morgan fingerprint density at radius 1 is 1.00 bits per heavy atom. The smallest absolute Gasteiger partial charge is 0.242 e. The van der Waals surface area contributed by atoms with Crippen LogP contribution in [0, 0.1) is 0 Å². The minimum absolute atomic E-state index is 0.0530. The van der Waals surface area contributed by atoms with Gasteiger partial charge in [-0.1, -0.05) is 0 Å². The van der Waals surface area contributed by atoms with E-state index in [-0.39, 0.29) is 11.8 Å². The minimum Gasteiger partial charge on any atom is -0.379 e. The number of hydrogen-bond acceptors (Lipinski definition) is 5. The summed E-state index contributed by atoms with van der Waals surface area (Å²) in [6.07, 6.45) is 0. The third kappa shape index (κ3) is 4.39. The molecule has 2 rings (SSSR count). The van der Waals surface area contributed by atoms with Crippen LogP contribution in [0.25, 0.3) is 0 Å². The quantitative estimate of drug-likeness (QED) is 0.702. The third-order valence-corrected chi connectivity index (χ3v) is 3.93. The number of piperazine rings is 1. The van der Waals surface area contributed by atoms with Crippen molar-refractivity contribution in [1.82, 2.24) is 14.7 Å². The molecule has 0 aromatic heterocycles. The maximum absolute atomic E-state index is 12.3. The van der Waals surface area contributed by atoms with Crippen LogP contribution in [-0.2, 0) is 14.3 Å². The highest BCUT2D eigenvalue weighted by Gasteiger charge is 2.31. The predicted molar refractivity (Wildman–Crippen MR) is 78.7 cm³/mol. The highest BCUT2D eigenvalue weighted by atomic mass is 16.5. The summed E-state index contributed by atoms with van der Waals surface area (Å²) >= 11 is 0. The fraction of sp³-hybridized carbons (Fsp3) is 0.857. The van der Waals surface area contributed by atoms with Crippen LogP contribution in [0.1, 0.15) is 13.8 Å². The second-order valence-corrected chi connectivity index (χ2v) is 6.28. The van der Waals surface area contributed by atoms with Crippen molar-refractivity contribution in [3.63, 3.8) is 0 Å². The number of morpholine rings is 1. The molecule has 0 unspecified atom stereocenters. The van der Waals surface area contributed by atoms with Gasteiger partial charge in [0.05, 0.1) is 25.3 Å². The van der Waals surface area contributed by atoms with Crippen LogP contribution < -0.4 is 5.73 Å². The van der Waals surface area contributed by atoms with Crippen LogP contribution >= 0.6 is 0 Å². The molecule has 2 fully saturated rings. The Kier molecular flexibility index (Phi) is 5.18. The lowest BCUT2D eigenvalue weighted by atomic mass is 10.0. The van der Waals surface area contributed by atoms with E-state index in [2.05, 4.69) is 4.90 Å². The molecule has 120 valence electrons. The van der Waals surface area contributed by atoms with E-state index in [1.807, 2.05) is 4.90 Å². The lowest BCUT2D eigenvalue weighted by Crippen LogP contribution is -2.58. The molecule has 0 atom stereocenters. The number of nitrogens with two attached hydrogens (primary N) is 1. The van der Waals surface area contributed by atoms with Crippen molar-refractivity contribution in [2.75, 3.05) is 59.0 Å². The van der Waals surface area contributed by atoms with Gasteiger partial charge in [0.2, 0.25) is 11.8 Å². The van der Waals surface area contributed by atoms with E-state index in [1.54, 1.807) is 18.7 Å². The number of amides is 2. The van der Waals surface area contributed by atoms with Gasteiger partial charge in [-0.05, 0) is 13.8 Å². The summed E-state index contributed by atoms with van der Waals surface area (Å²) in [4.78, 5) is 30.0. The first-order valence-electron chi connectivity index (χ1n) is 7.54. The molecule has 7 heteroatoms. The Bertz CT molecular complexity index is 380. The first-order chi connectivity index (χ1) is 9.88. The highest BCUT2D eigenvalue weighted by Crippen LogP contribution is 2.09. The van der Waals surface area contributed by atoms with Crippen molar-refractivity contribution in [1.29, 1.82) is 0 Å². The van der Waals surface area contributed by atoms with Crippen LogP contribution in [0.5, 0.6) is 0 Å². The number of ether oxygens (including phenoxy) is 1. The van der Waals surface area contributed by atoms with E-state index in [9.17, 15) is 9.59 Å². The fourth-order valence-corrected chi connectivity index (χ4v) is 2.62. The normalized spacial score (nSPS) is 21.5. The van der Waals surface area contributed by atoms with E-state index < -0.39 is 5.54 Å². The van der Waals surface area contributed by atoms with Gasteiger partial charge < -0.3 is 20.3 Å². The summed E-state index contributed by atoms with van der Waals surface area (Å²) < 4.78 is 5.28. The number of rotatable bonds is 3. The first-order valence-corrected chi connectivity index (χ1v) is 7.54. The molecular formula is C14H26N4O3. The van der Waals surface area contributed by atoms with E-state index in [1.165, 1.54) is 0 Å². The van der Waals surface area contributed by atoms with Crippen LogP contribution in [0.15, 0.2) is 0 Å². The number of carbonyl (C=O) groups is 2. The van der Waals surface area contributed by atoms with Crippen LogP contribution in [0.3, 0.4) is 0 Å². The van der Waals surface area contributed by atoms with Crippen molar-refractivity contribution in [3.8, 4) is 0 Å². The monoisotopic (exact) mass is 298 g/mol.